The normalized spacial score (nSPS) is 16.7. The van der Waals surface area contributed by atoms with E-state index in [9.17, 15) is 9.90 Å². The topological polar surface area (TPSA) is 69.8 Å². The van der Waals surface area contributed by atoms with Gasteiger partial charge in [0.25, 0.3) is 5.91 Å². The first-order valence-electron chi connectivity index (χ1n) is 6.98. The Bertz CT molecular complexity index is 554. The Morgan fingerprint density at radius 2 is 1.81 bits per heavy atom. The molecule has 1 aromatic rings. The second-order valence-corrected chi connectivity index (χ2v) is 5.83. The smallest absolute Gasteiger partial charge is 0.256 e. The Kier molecular flexibility index (Phi) is 4.80. The molecule has 0 radical (unpaired) electrons. The quantitative estimate of drug-likeness (QED) is 0.788. The van der Waals surface area contributed by atoms with Crippen LogP contribution in [0.5, 0.6) is 0 Å². The lowest BCUT2D eigenvalue weighted by Gasteiger charge is -2.36. The number of amides is 1. The molecule has 1 aliphatic rings. The molecule has 2 rings (SSSR count). The lowest BCUT2D eigenvalue weighted by atomic mass is 10.00. The minimum Gasteiger partial charge on any atom is -0.378 e. The van der Waals surface area contributed by atoms with Gasteiger partial charge in [0.1, 0.15) is 0 Å². The van der Waals surface area contributed by atoms with Crippen LogP contribution in [0.15, 0.2) is 18.2 Å². The average molecular weight is 307 g/mol. The summed E-state index contributed by atoms with van der Waals surface area (Å²) in [4.78, 5) is 16.0. The number of aryl methyl sites for hydroxylation is 2. The highest BCUT2D eigenvalue weighted by Gasteiger charge is 2.28. The van der Waals surface area contributed by atoms with Crippen LogP contribution in [0, 0.1) is 13.8 Å². The molecule has 1 amide bonds. The summed E-state index contributed by atoms with van der Waals surface area (Å²) in [6.07, 6.45) is -1.11. The Labute approximate surface area is 130 Å². The summed E-state index contributed by atoms with van der Waals surface area (Å²) in [6.45, 7) is 6.12. The van der Waals surface area contributed by atoms with E-state index in [0.29, 0.717) is 36.9 Å². The molecule has 3 N–H and O–H groups in total. The summed E-state index contributed by atoms with van der Waals surface area (Å²) < 4.78 is 0. The molecular formula is C15H21N3O2S. The molecule has 1 atom stereocenters. The summed E-state index contributed by atoms with van der Waals surface area (Å²) in [5, 5.41) is 10.7. The van der Waals surface area contributed by atoms with E-state index in [1.807, 2.05) is 36.9 Å². The summed E-state index contributed by atoms with van der Waals surface area (Å²) in [5.41, 5.74) is 8.21. The van der Waals surface area contributed by atoms with Crippen LogP contribution >= 0.6 is 12.2 Å². The monoisotopic (exact) mass is 307 g/mol. The highest BCUT2D eigenvalue weighted by atomic mass is 32.1. The van der Waals surface area contributed by atoms with Crippen LogP contribution in [0.25, 0.3) is 0 Å². The largest absolute Gasteiger partial charge is 0.378 e. The van der Waals surface area contributed by atoms with Gasteiger partial charge in [-0.1, -0.05) is 23.8 Å². The Morgan fingerprint density at radius 1 is 1.24 bits per heavy atom. The predicted octanol–water partition coefficient (Wildman–Crippen LogP) is 0.725. The number of piperazine rings is 1. The number of rotatable bonds is 2. The molecule has 114 valence electrons. The fourth-order valence-electron chi connectivity index (χ4n) is 2.51. The van der Waals surface area contributed by atoms with Crippen LogP contribution in [0.3, 0.4) is 0 Å². The number of nitrogens with two attached hydrogens (primary N) is 1. The number of aliphatic hydroxyl groups excluding tert-OH is 1. The lowest BCUT2D eigenvalue weighted by Crippen LogP contribution is -2.52. The number of nitrogens with zero attached hydrogens (tertiary/aromatic N) is 2. The molecule has 0 spiro atoms. The van der Waals surface area contributed by atoms with Gasteiger partial charge in [0.15, 0.2) is 11.2 Å². The number of carbonyl (C=O) groups is 1. The Balaban J connectivity index is 2.06. The minimum absolute atomic E-state index is 0.258. The molecule has 0 bridgehead atoms. The predicted molar refractivity (Wildman–Crippen MR) is 85.8 cm³/mol. The zero-order valence-electron chi connectivity index (χ0n) is 12.4. The van der Waals surface area contributed by atoms with Gasteiger partial charge in [-0.2, -0.15) is 0 Å². The Morgan fingerprint density at radius 3 is 2.38 bits per heavy atom. The fraction of sp³-hybridized carbons (Fsp3) is 0.467. The van der Waals surface area contributed by atoms with Crippen LogP contribution in [0.4, 0.5) is 0 Å². The minimum atomic E-state index is -1.11. The molecule has 0 aliphatic carbocycles. The van der Waals surface area contributed by atoms with Gasteiger partial charge in [-0.3, -0.25) is 4.79 Å². The van der Waals surface area contributed by atoms with Crippen LogP contribution in [-0.4, -0.2) is 52.1 Å². The van der Waals surface area contributed by atoms with Gasteiger partial charge in [0, 0.05) is 26.2 Å². The van der Waals surface area contributed by atoms with Crippen molar-refractivity contribution in [1.82, 2.24) is 9.80 Å². The fourth-order valence-corrected chi connectivity index (χ4v) is 2.69. The standard InChI is InChI=1S/C15H21N3O2S/c1-10-3-4-11(2)12(9-10)13(19)14(20)17-5-7-18(8-6-17)15(16)21/h3-4,9,13,19H,5-8H2,1-2H3,(H2,16,21). The number of hydrogen-bond acceptors (Lipinski definition) is 3. The van der Waals surface area contributed by atoms with Crippen molar-refractivity contribution in [3.05, 3.63) is 34.9 Å². The maximum Gasteiger partial charge on any atom is 0.256 e. The van der Waals surface area contributed by atoms with Crippen LogP contribution in [0.2, 0.25) is 0 Å². The maximum atomic E-state index is 12.4. The third kappa shape index (κ3) is 3.51. The van der Waals surface area contributed by atoms with E-state index in [1.165, 1.54) is 0 Å². The zero-order valence-corrected chi connectivity index (χ0v) is 13.2. The van der Waals surface area contributed by atoms with Crippen molar-refractivity contribution >= 4 is 23.2 Å². The van der Waals surface area contributed by atoms with E-state index in [2.05, 4.69) is 0 Å². The van der Waals surface area contributed by atoms with Crippen molar-refractivity contribution in [3.8, 4) is 0 Å². The molecule has 5 nitrogen and oxygen atoms in total. The second-order valence-electron chi connectivity index (χ2n) is 5.41. The van der Waals surface area contributed by atoms with Gasteiger partial charge in [-0.25, -0.2) is 0 Å². The van der Waals surface area contributed by atoms with Crippen molar-refractivity contribution in [2.45, 2.75) is 20.0 Å². The number of carbonyl (C=O) groups excluding carboxylic acids is 1. The van der Waals surface area contributed by atoms with E-state index in [-0.39, 0.29) is 5.91 Å². The molecule has 0 saturated carbocycles. The summed E-state index contributed by atoms with van der Waals surface area (Å²) >= 11 is 4.93. The van der Waals surface area contributed by atoms with Crippen molar-refractivity contribution < 1.29 is 9.90 Å². The molecule has 6 heteroatoms. The molecular weight excluding hydrogens is 286 g/mol. The molecule has 1 saturated heterocycles. The van der Waals surface area contributed by atoms with Crippen LogP contribution < -0.4 is 5.73 Å². The lowest BCUT2D eigenvalue weighted by molar-refractivity contribution is -0.141. The zero-order chi connectivity index (χ0) is 15.6. The van der Waals surface area contributed by atoms with Gasteiger partial charge in [-0.15, -0.1) is 0 Å². The van der Waals surface area contributed by atoms with Gasteiger partial charge in [0.2, 0.25) is 0 Å². The highest BCUT2D eigenvalue weighted by molar-refractivity contribution is 7.80. The van der Waals surface area contributed by atoms with Gasteiger partial charge >= 0.3 is 0 Å². The molecule has 1 heterocycles. The van der Waals surface area contributed by atoms with E-state index in [1.54, 1.807) is 4.90 Å². The van der Waals surface area contributed by atoms with E-state index >= 15 is 0 Å². The third-order valence-electron chi connectivity index (χ3n) is 3.87. The van der Waals surface area contributed by atoms with E-state index in [4.69, 9.17) is 18.0 Å². The van der Waals surface area contributed by atoms with Crippen molar-refractivity contribution in [1.29, 1.82) is 0 Å². The van der Waals surface area contributed by atoms with Gasteiger partial charge in [-0.05, 0) is 37.2 Å². The summed E-state index contributed by atoms with van der Waals surface area (Å²) in [6, 6.07) is 5.76. The first kappa shape index (κ1) is 15.7. The maximum absolute atomic E-state index is 12.4. The molecule has 0 aromatic heterocycles. The third-order valence-corrected chi connectivity index (χ3v) is 4.12. The number of benzene rings is 1. The van der Waals surface area contributed by atoms with Crippen LogP contribution in [-0.2, 0) is 4.79 Å². The SMILES string of the molecule is Cc1ccc(C)c(C(O)C(=O)N2CCN(C(N)=S)CC2)c1. The number of aliphatic hydroxyl groups is 1. The highest BCUT2D eigenvalue weighted by Crippen LogP contribution is 2.21. The first-order valence-corrected chi connectivity index (χ1v) is 7.39. The van der Waals surface area contributed by atoms with Crippen molar-refractivity contribution in [3.63, 3.8) is 0 Å². The first-order chi connectivity index (χ1) is 9.90. The second kappa shape index (κ2) is 6.41. The van der Waals surface area contributed by atoms with E-state index < -0.39 is 6.10 Å². The molecule has 1 unspecified atom stereocenters. The van der Waals surface area contributed by atoms with Crippen molar-refractivity contribution in [2.24, 2.45) is 5.73 Å². The average Bonchev–Trinajstić information content (AvgIpc) is 2.48. The van der Waals surface area contributed by atoms with Gasteiger partial charge < -0.3 is 20.6 Å². The van der Waals surface area contributed by atoms with Crippen LogP contribution in [0.1, 0.15) is 22.8 Å². The number of hydrogen-bond donors (Lipinski definition) is 2. The molecule has 21 heavy (non-hydrogen) atoms. The summed E-state index contributed by atoms with van der Waals surface area (Å²) in [5.74, 6) is -0.258. The van der Waals surface area contributed by atoms with Gasteiger partial charge in [0.05, 0.1) is 0 Å². The molecule has 1 aromatic carbocycles. The summed E-state index contributed by atoms with van der Waals surface area (Å²) in [7, 11) is 0. The molecule has 1 aliphatic heterocycles. The molecule has 1 fully saturated rings. The number of thiocarbonyl (C=S) groups is 1. The Hall–Kier alpha value is -1.66. The van der Waals surface area contributed by atoms with Crippen molar-refractivity contribution in [2.75, 3.05) is 26.2 Å². The van der Waals surface area contributed by atoms with E-state index in [0.717, 1.165) is 11.1 Å².